The van der Waals surface area contributed by atoms with Crippen molar-refractivity contribution in [3.8, 4) is 0 Å². The molecule has 0 bridgehead atoms. The van der Waals surface area contributed by atoms with Crippen molar-refractivity contribution in [2.24, 2.45) is 16.3 Å². The summed E-state index contributed by atoms with van der Waals surface area (Å²) >= 11 is 0. The van der Waals surface area contributed by atoms with Gasteiger partial charge in [-0.3, -0.25) is 9.79 Å². The highest BCUT2D eigenvalue weighted by molar-refractivity contribution is 14.0. The van der Waals surface area contributed by atoms with Crippen LogP contribution in [-0.2, 0) is 9.53 Å². The van der Waals surface area contributed by atoms with Gasteiger partial charge in [0.15, 0.2) is 5.96 Å². The number of ether oxygens (including phenoxy) is 1. The molecule has 0 aromatic rings. The molecule has 6 nitrogen and oxygen atoms in total. The van der Waals surface area contributed by atoms with Crippen molar-refractivity contribution in [2.45, 2.75) is 27.2 Å². The summed E-state index contributed by atoms with van der Waals surface area (Å²) in [5.74, 6) is 1.42. The van der Waals surface area contributed by atoms with Gasteiger partial charge in [0.2, 0.25) is 5.91 Å². The van der Waals surface area contributed by atoms with Crippen molar-refractivity contribution in [1.82, 2.24) is 15.5 Å². The molecule has 7 heteroatoms. The lowest BCUT2D eigenvalue weighted by Crippen LogP contribution is -2.43. The van der Waals surface area contributed by atoms with Crippen LogP contribution in [0.5, 0.6) is 0 Å². The molecule has 0 spiro atoms. The molecule has 1 fully saturated rings. The molecule has 1 unspecified atom stereocenters. The SMILES string of the molecule is CCNC(=NCC(C)(C)C(=O)NC)N(C)CC1CCOC1.I. The first kappa shape index (κ1) is 21.4. The van der Waals surface area contributed by atoms with Gasteiger partial charge < -0.3 is 20.3 Å². The molecule has 1 atom stereocenters. The lowest BCUT2D eigenvalue weighted by atomic mass is 9.93. The summed E-state index contributed by atoms with van der Waals surface area (Å²) in [4.78, 5) is 18.6. The van der Waals surface area contributed by atoms with Gasteiger partial charge in [-0.2, -0.15) is 0 Å². The third-order valence-electron chi connectivity index (χ3n) is 3.72. The minimum atomic E-state index is -0.507. The average Bonchev–Trinajstić information content (AvgIpc) is 2.95. The fourth-order valence-electron chi connectivity index (χ4n) is 2.35. The zero-order chi connectivity index (χ0) is 15.9. The number of hydrogen-bond donors (Lipinski definition) is 2. The van der Waals surface area contributed by atoms with E-state index in [1.54, 1.807) is 7.05 Å². The van der Waals surface area contributed by atoms with E-state index in [4.69, 9.17) is 4.74 Å². The van der Waals surface area contributed by atoms with Gasteiger partial charge in [-0.25, -0.2) is 0 Å². The Morgan fingerprint density at radius 2 is 2.14 bits per heavy atom. The number of hydrogen-bond acceptors (Lipinski definition) is 3. The van der Waals surface area contributed by atoms with Gasteiger partial charge in [0.1, 0.15) is 0 Å². The molecule has 0 aromatic heterocycles. The number of rotatable bonds is 6. The summed E-state index contributed by atoms with van der Waals surface area (Å²) in [5, 5.41) is 5.98. The van der Waals surface area contributed by atoms with Crippen LogP contribution in [0.25, 0.3) is 0 Å². The zero-order valence-corrected chi connectivity index (χ0v) is 16.8. The van der Waals surface area contributed by atoms with E-state index in [0.717, 1.165) is 38.7 Å². The molecule has 2 N–H and O–H groups in total. The first-order chi connectivity index (χ1) is 9.90. The molecule has 0 saturated carbocycles. The Balaban J connectivity index is 0.00000441. The predicted octanol–water partition coefficient (Wildman–Crippen LogP) is 1.31. The highest BCUT2D eigenvalue weighted by Crippen LogP contribution is 2.16. The Labute approximate surface area is 151 Å². The Bertz CT molecular complexity index is 369. The van der Waals surface area contributed by atoms with Gasteiger partial charge in [-0.05, 0) is 27.2 Å². The predicted molar refractivity (Wildman–Crippen MR) is 101 cm³/mol. The number of nitrogens with one attached hydrogen (secondary N) is 2. The smallest absolute Gasteiger partial charge is 0.227 e. The van der Waals surface area contributed by atoms with Gasteiger partial charge in [0, 0.05) is 39.7 Å². The molecule has 1 saturated heterocycles. The van der Waals surface area contributed by atoms with Crippen LogP contribution >= 0.6 is 24.0 Å². The number of aliphatic imine (C=N–C) groups is 1. The maximum absolute atomic E-state index is 11.8. The van der Waals surface area contributed by atoms with E-state index in [9.17, 15) is 4.79 Å². The maximum Gasteiger partial charge on any atom is 0.227 e. The van der Waals surface area contributed by atoms with Crippen molar-refractivity contribution in [3.05, 3.63) is 0 Å². The molecule has 1 rings (SSSR count). The van der Waals surface area contributed by atoms with E-state index < -0.39 is 5.41 Å². The minimum Gasteiger partial charge on any atom is -0.381 e. The second kappa shape index (κ2) is 10.3. The van der Waals surface area contributed by atoms with Crippen LogP contribution in [0.3, 0.4) is 0 Å². The summed E-state index contributed by atoms with van der Waals surface area (Å²) in [6.07, 6.45) is 1.10. The van der Waals surface area contributed by atoms with Gasteiger partial charge in [-0.15, -0.1) is 24.0 Å². The lowest BCUT2D eigenvalue weighted by molar-refractivity contribution is -0.128. The third-order valence-corrected chi connectivity index (χ3v) is 3.72. The first-order valence-corrected chi connectivity index (χ1v) is 7.70. The Morgan fingerprint density at radius 1 is 1.45 bits per heavy atom. The van der Waals surface area contributed by atoms with Gasteiger partial charge in [-0.1, -0.05) is 0 Å². The molecule has 1 aliphatic rings. The summed E-state index contributed by atoms with van der Waals surface area (Å²) in [5.41, 5.74) is -0.507. The van der Waals surface area contributed by atoms with Crippen molar-refractivity contribution >= 4 is 35.8 Å². The fraction of sp³-hybridized carbons (Fsp3) is 0.867. The number of carbonyl (C=O) groups is 1. The van der Waals surface area contributed by atoms with Crippen molar-refractivity contribution in [2.75, 3.05) is 46.9 Å². The zero-order valence-electron chi connectivity index (χ0n) is 14.4. The molecular weight excluding hydrogens is 395 g/mol. The first-order valence-electron chi connectivity index (χ1n) is 7.70. The Kier molecular flexibility index (Phi) is 9.99. The number of guanidine groups is 1. The van der Waals surface area contributed by atoms with Crippen LogP contribution in [-0.4, -0.2) is 63.7 Å². The summed E-state index contributed by atoms with van der Waals surface area (Å²) < 4.78 is 5.42. The highest BCUT2D eigenvalue weighted by Gasteiger charge is 2.27. The van der Waals surface area contributed by atoms with Crippen LogP contribution < -0.4 is 10.6 Å². The van der Waals surface area contributed by atoms with Crippen molar-refractivity contribution in [1.29, 1.82) is 0 Å². The van der Waals surface area contributed by atoms with Crippen LogP contribution in [0.15, 0.2) is 4.99 Å². The molecule has 0 radical (unpaired) electrons. The van der Waals surface area contributed by atoms with Crippen LogP contribution in [0.4, 0.5) is 0 Å². The second-order valence-electron chi connectivity index (χ2n) is 6.24. The summed E-state index contributed by atoms with van der Waals surface area (Å²) in [6, 6.07) is 0. The third kappa shape index (κ3) is 6.68. The topological polar surface area (TPSA) is 66.0 Å². The van der Waals surface area contributed by atoms with Crippen LogP contribution in [0.2, 0.25) is 0 Å². The quantitative estimate of drug-likeness (QED) is 0.382. The number of nitrogens with zero attached hydrogens (tertiary/aromatic N) is 2. The standard InChI is InChI=1S/C15H30N4O2.HI/c1-6-17-14(18-11-15(2,3)13(20)16-4)19(5)9-12-7-8-21-10-12;/h12H,6-11H2,1-5H3,(H,16,20)(H,17,18);1H. The lowest BCUT2D eigenvalue weighted by Gasteiger charge is -2.26. The molecule has 0 aliphatic carbocycles. The van der Waals surface area contributed by atoms with Crippen molar-refractivity contribution < 1.29 is 9.53 Å². The van der Waals surface area contributed by atoms with Gasteiger partial charge in [0.25, 0.3) is 0 Å². The van der Waals surface area contributed by atoms with Gasteiger partial charge in [0.05, 0.1) is 18.6 Å². The van der Waals surface area contributed by atoms with E-state index in [0.29, 0.717) is 12.5 Å². The Hall–Kier alpha value is -0.570. The van der Waals surface area contributed by atoms with Crippen molar-refractivity contribution in [3.63, 3.8) is 0 Å². The van der Waals surface area contributed by atoms with Gasteiger partial charge >= 0.3 is 0 Å². The fourth-order valence-corrected chi connectivity index (χ4v) is 2.35. The monoisotopic (exact) mass is 426 g/mol. The largest absolute Gasteiger partial charge is 0.381 e. The minimum absolute atomic E-state index is 0. The van der Waals surface area contributed by atoms with Crippen LogP contribution in [0.1, 0.15) is 27.2 Å². The average molecular weight is 426 g/mol. The molecule has 1 aliphatic heterocycles. The van der Waals surface area contributed by atoms with E-state index in [1.165, 1.54) is 0 Å². The maximum atomic E-state index is 11.8. The number of halogens is 1. The summed E-state index contributed by atoms with van der Waals surface area (Å²) in [6.45, 7) is 9.74. The molecule has 22 heavy (non-hydrogen) atoms. The number of amides is 1. The normalized spacial score (nSPS) is 18.6. The molecule has 130 valence electrons. The number of carbonyl (C=O) groups excluding carboxylic acids is 1. The second-order valence-corrected chi connectivity index (χ2v) is 6.24. The Morgan fingerprint density at radius 3 is 2.64 bits per heavy atom. The van der Waals surface area contributed by atoms with E-state index in [-0.39, 0.29) is 29.9 Å². The molecule has 1 heterocycles. The van der Waals surface area contributed by atoms with E-state index in [1.807, 2.05) is 27.8 Å². The van der Waals surface area contributed by atoms with Crippen LogP contribution in [0, 0.1) is 11.3 Å². The van der Waals surface area contributed by atoms with E-state index in [2.05, 4.69) is 20.5 Å². The molecule has 1 amide bonds. The molecule has 0 aromatic carbocycles. The molecular formula is C15H31IN4O2. The summed E-state index contributed by atoms with van der Waals surface area (Å²) in [7, 11) is 3.69. The van der Waals surface area contributed by atoms with E-state index >= 15 is 0 Å². The highest BCUT2D eigenvalue weighted by atomic mass is 127.